The number of hydrogen-bond acceptors (Lipinski definition) is 5. The molecule has 0 saturated carbocycles. The first-order chi connectivity index (χ1) is 11.9. The van der Waals surface area contributed by atoms with Crippen LogP contribution in [0.4, 0.5) is 11.4 Å². The highest BCUT2D eigenvalue weighted by Crippen LogP contribution is 2.29. The minimum absolute atomic E-state index is 0.0337. The molecule has 2 aromatic carbocycles. The zero-order valence-corrected chi connectivity index (χ0v) is 15.6. The third-order valence-electron chi connectivity index (χ3n) is 3.47. The smallest absolute Gasteiger partial charge is 0.173 e. The Labute approximate surface area is 156 Å². The number of nitrogens with two attached hydrogens (primary N) is 1. The number of nitrogen functional groups attached to an aromatic ring is 1. The first-order valence-corrected chi connectivity index (χ1v) is 10.5. The molecule has 3 rings (SSSR count). The van der Waals surface area contributed by atoms with Crippen LogP contribution in [0.3, 0.4) is 0 Å². The molecular weight excluding hydrogens is 374 g/mol. The van der Waals surface area contributed by atoms with Crippen molar-refractivity contribution in [3.63, 3.8) is 0 Å². The lowest BCUT2D eigenvalue weighted by Crippen LogP contribution is -2.38. The highest BCUT2D eigenvalue weighted by Gasteiger charge is 2.21. The summed E-state index contributed by atoms with van der Waals surface area (Å²) in [7, 11) is -3.09. The van der Waals surface area contributed by atoms with Gasteiger partial charge in [0.05, 0.1) is 11.8 Å². The second-order valence-corrected chi connectivity index (χ2v) is 9.04. The molecule has 0 aliphatic carbocycles. The monoisotopic (exact) mass is 391 g/mol. The van der Waals surface area contributed by atoms with Crippen molar-refractivity contribution in [2.24, 2.45) is 0 Å². The maximum Gasteiger partial charge on any atom is 0.173 e. The fourth-order valence-corrected chi connectivity index (χ4v) is 4.60. The summed E-state index contributed by atoms with van der Waals surface area (Å²) in [4.78, 5) is 2.21. The zero-order chi connectivity index (χ0) is 17.9. The number of thiocarbonyl (C=S) groups is 1. The Morgan fingerprint density at radius 1 is 1.08 bits per heavy atom. The zero-order valence-electron chi connectivity index (χ0n) is 13.2. The van der Waals surface area contributed by atoms with Crippen LogP contribution >= 0.6 is 24.0 Å². The normalized spacial score (nSPS) is 18.0. The Morgan fingerprint density at radius 2 is 1.68 bits per heavy atom. The molecule has 0 fully saturated rings. The van der Waals surface area contributed by atoms with Gasteiger partial charge in [-0.2, -0.15) is 0 Å². The van der Waals surface area contributed by atoms with Gasteiger partial charge < -0.3 is 16.4 Å². The van der Waals surface area contributed by atoms with E-state index in [1.54, 1.807) is 17.8 Å². The number of sulfone groups is 1. The molecule has 0 radical (unpaired) electrons. The topological polar surface area (TPSA) is 84.2 Å². The summed E-state index contributed by atoms with van der Waals surface area (Å²) >= 11 is 6.87. The van der Waals surface area contributed by atoms with Crippen LogP contribution in [0.1, 0.15) is 0 Å². The molecule has 25 heavy (non-hydrogen) atoms. The number of anilines is 2. The fourth-order valence-electron chi connectivity index (χ4n) is 2.28. The predicted octanol–water partition coefficient (Wildman–Crippen LogP) is 3.02. The Bertz CT molecular complexity index is 892. The molecule has 4 N–H and O–H groups in total. The van der Waals surface area contributed by atoms with E-state index >= 15 is 0 Å². The lowest BCUT2D eigenvalue weighted by atomic mass is 10.3. The van der Waals surface area contributed by atoms with Crippen LogP contribution in [0, 0.1) is 0 Å². The van der Waals surface area contributed by atoms with Gasteiger partial charge in [-0.3, -0.25) is 0 Å². The summed E-state index contributed by atoms with van der Waals surface area (Å²) in [5.74, 6) is 0.0337. The van der Waals surface area contributed by atoms with Crippen molar-refractivity contribution in [3.05, 3.63) is 60.0 Å². The van der Waals surface area contributed by atoms with E-state index in [-0.39, 0.29) is 11.8 Å². The Balaban J connectivity index is 1.54. The van der Waals surface area contributed by atoms with Crippen LogP contribution in [0.15, 0.2) is 69.8 Å². The molecule has 2 aromatic rings. The van der Waals surface area contributed by atoms with E-state index < -0.39 is 9.84 Å². The molecule has 1 unspecified atom stereocenters. The lowest BCUT2D eigenvalue weighted by molar-refractivity contribution is 0.603. The Morgan fingerprint density at radius 3 is 2.24 bits per heavy atom. The first-order valence-electron chi connectivity index (χ1n) is 7.52. The molecule has 5 nitrogen and oxygen atoms in total. The van der Waals surface area contributed by atoms with Crippen molar-refractivity contribution in [3.8, 4) is 0 Å². The summed E-state index contributed by atoms with van der Waals surface area (Å²) < 4.78 is 22.8. The van der Waals surface area contributed by atoms with Crippen LogP contribution in [0.2, 0.25) is 0 Å². The van der Waals surface area contributed by atoms with Crippen LogP contribution in [0.25, 0.3) is 0 Å². The fraction of sp³-hybridized carbons (Fsp3) is 0.118. The van der Waals surface area contributed by atoms with Gasteiger partial charge in [-0.1, -0.05) is 11.8 Å². The average molecular weight is 392 g/mol. The average Bonchev–Trinajstić information content (AvgIpc) is 2.90. The van der Waals surface area contributed by atoms with Crippen molar-refractivity contribution < 1.29 is 8.42 Å². The number of nitrogens with one attached hydrogen (secondary N) is 2. The Kier molecular flexibility index (Phi) is 5.31. The van der Waals surface area contributed by atoms with Crippen molar-refractivity contribution >= 4 is 50.3 Å². The largest absolute Gasteiger partial charge is 0.399 e. The van der Waals surface area contributed by atoms with Crippen molar-refractivity contribution in [1.29, 1.82) is 0 Å². The molecule has 130 valence electrons. The van der Waals surface area contributed by atoms with E-state index in [0.29, 0.717) is 5.11 Å². The summed E-state index contributed by atoms with van der Waals surface area (Å²) in [6, 6.07) is 15.3. The maximum absolute atomic E-state index is 11.4. The van der Waals surface area contributed by atoms with Gasteiger partial charge in [0, 0.05) is 26.6 Å². The second kappa shape index (κ2) is 7.47. The van der Waals surface area contributed by atoms with Crippen molar-refractivity contribution in [1.82, 2.24) is 5.32 Å². The molecule has 1 heterocycles. The number of benzene rings is 2. The highest BCUT2D eigenvalue weighted by atomic mass is 32.2. The minimum Gasteiger partial charge on any atom is -0.399 e. The maximum atomic E-state index is 11.4. The van der Waals surface area contributed by atoms with Gasteiger partial charge in [0.15, 0.2) is 14.9 Å². The Hall–Kier alpha value is -2.03. The molecule has 8 heteroatoms. The number of hydrogen-bond donors (Lipinski definition) is 3. The van der Waals surface area contributed by atoms with E-state index in [4.69, 9.17) is 18.0 Å². The summed E-state index contributed by atoms with van der Waals surface area (Å²) in [5.41, 5.74) is 7.27. The van der Waals surface area contributed by atoms with Gasteiger partial charge in [0.2, 0.25) is 0 Å². The third-order valence-corrected chi connectivity index (χ3v) is 6.11. The molecule has 1 aliphatic heterocycles. The number of rotatable bonds is 4. The molecule has 0 aromatic heterocycles. The van der Waals surface area contributed by atoms with Crippen LogP contribution in [-0.2, 0) is 9.84 Å². The molecule has 0 saturated heterocycles. The minimum atomic E-state index is -3.09. The second-order valence-electron chi connectivity index (χ2n) is 5.56. The van der Waals surface area contributed by atoms with Crippen LogP contribution in [0.5, 0.6) is 0 Å². The summed E-state index contributed by atoms with van der Waals surface area (Å²) in [6.45, 7) is 0. The lowest BCUT2D eigenvalue weighted by Gasteiger charge is -2.14. The molecule has 0 amide bonds. The van der Waals surface area contributed by atoms with Crippen molar-refractivity contribution in [2.45, 2.75) is 15.8 Å². The standard InChI is InChI=1S/C17H17N3O2S3/c18-12-1-5-15(6-2-12)24-16-7-3-13(4-8-16)19-17(23)20-14-9-10-25(21,22)11-14/h1-10,14H,11,18H2,(H2,19,20,23). The summed E-state index contributed by atoms with van der Waals surface area (Å²) in [6.07, 6.45) is 1.61. The molecule has 1 atom stereocenters. The van der Waals surface area contributed by atoms with Gasteiger partial charge in [-0.25, -0.2) is 8.42 Å². The predicted molar refractivity (Wildman–Crippen MR) is 107 cm³/mol. The van der Waals surface area contributed by atoms with Gasteiger partial charge in [0.25, 0.3) is 0 Å². The van der Waals surface area contributed by atoms with E-state index in [2.05, 4.69) is 10.6 Å². The van der Waals surface area contributed by atoms with E-state index in [1.807, 2.05) is 48.5 Å². The third kappa shape index (κ3) is 5.22. The van der Waals surface area contributed by atoms with E-state index in [0.717, 1.165) is 21.2 Å². The van der Waals surface area contributed by atoms with Crippen LogP contribution < -0.4 is 16.4 Å². The van der Waals surface area contributed by atoms with Gasteiger partial charge in [0.1, 0.15) is 0 Å². The first kappa shape index (κ1) is 17.8. The summed E-state index contributed by atoms with van der Waals surface area (Å²) in [5, 5.41) is 7.65. The van der Waals surface area contributed by atoms with Gasteiger partial charge in [-0.15, -0.1) is 0 Å². The molecule has 0 spiro atoms. The molecule has 0 bridgehead atoms. The molecule has 1 aliphatic rings. The highest BCUT2D eigenvalue weighted by molar-refractivity contribution is 7.99. The SMILES string of the molecule is Nc1ccc(Sc2ccc(NC(=S)NC3C=CS(=O)(=O)C3)cc2)cc1. The van der Waals surface area contributed by atoms with E-state index in [1.165, 1.54) is 5.41 Å². The van der Waals surface area contributed by atoms with Crippen LogP contribution in [-0.4, -0.2) is 25.3 Å². The molecular formula is C17H17N3O2S3. The van der Waals surface area contributed by atoms with Gasteiger partial charge >= 0.3 is 0 Å². The quantitative estimate of drug-likeness (QED) is 0.546. The van der Waals surface area contributed by atoms with E-state index in [9.17, 15) is 8.42 Å². The van der Waals surface area contributed by atoms with Crippen molar-refractivity contribution in [2.75, 3.05) is 16.8 Å². The van der Waals surface area contributed by atoms with Gasteiger partial charge in [-0.05, 0) is 66.8 Å².